The average Bonchev–Trinajstić information content (AvgIpc) is 3.27. The normalized spacial score (nSPS) is 12.0. The zero-order valence-corrected chi connectivity index (χ0v) is 18.8. The number of nitrogens with zero attached hydrogens (tertiary/aromatic N) is 2. The number of amides is 1. The first-order chi connectivity index (χ1) is 15.5. The van der Waals surface area contributed by atoms with Gasteiger partial charge in [-0.25, -0.2) is 9.37 Å². The van der Waals surface area contributed by atoms with Gasteiger partial charge in [-0.2, -0.15) is 0 Å². The molecule has 2 aromatic carbocycles. The van der Waals surface area contributed by atoms with E-state index in [1.807, 2.05) is 19.1 Å². The van der Waals surface area contributed by atoms with Crippen molar-refractivity contribution in [1.29, 1.82) is 0 Å². The van der Waals surface area contributed by atoms with Crippen LogP contribution >= 0.6 is 0 Å². The SMILES string of the molecule is CCOc1ccc(CN(Cc2nc(C(=O)NCc3ccc(F)cc3)co2)[C@@H](C)CC)cc1. The Morgan fingerprint density at radius 2 is 1.78 bits per heavy atom. The number of aromatic nitrogens is 1. The van der Waals surface area contributed by atoms with Gasteiger partial charge in [-0.05, 0) is 55.7 Å². The standard InChI is InChI=1S/C25H30FN3O3/c1-4-18(3)29(15-20-8-12-22(13-9-20)31-5-2)16-24-28-23(17-32-24)25(30)27-14-19-6-10-21(26)11-7-19/h6-13,17-18H,4-5,14-16H2,1-3H3,(H,27,30)/t18-/m0/s1. The molecule has 0 saturated heterocycles. The fourth-order valence-electron chi connectivity index (χ4n) is 3.25. The second-order valence-electron chi connectivity index (χ2n) is 7.67. The van der Waals surface area contributed by atoms with Crippen molar-refractivity contribution in [2.75, 3.05) is 6.61 Å². The van der Waals surface area contributed by atoms with Crippen molar-refractivity contribution >= 4 is 5.91 Å². The van der Waals surface area contributed by atoms with Crippen molar-refractivity contribution in [3.8, 4) is 5.75 Å². The molecule has 0 aliphatic rings. The fourth-order valence-corrected chi connectivity index (χ4v) is 3.25. The molecule has 170 valence electrons. The third-order valence-corrected chi connectivity index (χ3v) is 5.32. The minimum Gasteiger partial charge on any atom is -0.494 e. The molecule has 0 aliphatic heterocycles. The Labute approximate surface area is 188 Å². The summed E-state index contributed by atoms with van der Waals surface area (Å²) < 4.78 is 24.1. The van der Waals surface area contributed by atoms with Crippen LogP contribution in [0.5, 0.6) is 5.75 Å². The van der Waals surface area contributed by atoms with Crippen molar-refractivity contribution < 1.29 is 18.3 Å². The summed E-state index contributed by atoms with van der Waals surface area (Å²) in [7, 11) is 0. The van der Waals surface area contributed by atoms with E-state index in [0.29, 0.717) is 25.1 Å². The highest BCUT2D eigenvalue weighted by Gasteiger charge is 2.18. The van der Waals surface area contributed by atoms with Gasteiger partial charge in [-0.3, -0.25) is 9.69 Å². The number of nitrogens with one attached hydrogen (secondary N) is 1. The summed E-state index contributed by atoms with van der Waals surface area (Å²) in [5.74, 6) is 0.710. The van der Waals surface area contributed by atoms with E-state index >= 15 is 0 Å². The van der Waals surface area contributed by atoms with Crippen molar-refractivity contribution in [1.82, 2.24) is 15.2 Å². The minimum absolute atomic E-state index is 0.229. The maximum Gasteiger partial charge on any atom is 0.273 e. The summed E-state index contributed by atoms with van der Waals surface area (Å²) in [5.41, 5.74) is 2.20. The number of halogens is 1. The monoisotopic (exact) mass is 439 g/mol. The molecular weight excluding hydrogens is 409 g/mol. The van der Waals surface area contributed by atoms with E-state index in [4.69, 9.17) is 9.15 Å². The van der Waals surface area contributed by atoms with Gasteiger partial charge in [-0.1, -0.05) is 31.2 Å². The van der Waals surface area contributed by atoms with Crippen LogP contribution in [0.3, 0.4) is 0 Å². The Bertz CT molecular complexity index is 986. The quantitative estimate of drug-likeness (QED) is 0.458. The molecule has 0 fully saturated rings. The molecule has 3 rings (SSSR count). The topological polar surface area (TPSA) is 67.6 Å². The largest absolute Gasteiger partial charge is 0.494 e. The molecular formula is C25H30FN3O3. The Hall–Kier alpha value is -3.19. The molecule has 1 aromatic heterocycles. The van der Waals surface area contributed by atoms with Crippen LogP contribution in [0.1, 0.15) is 54.7 Å². The highest BCUT2D eigenvalue weighted by atomic mass is 19.1. The Morgan fingerprint density at radius 1 is 1.09 bits per heavy atom. The molecule has 6 nitrogen and oxygen atoms in total. The highest BCUT2D eigenvalue weighted by Crippen LogP contribution is 2.18. The second-order valence-corrected chi connectivity index (χ2v) is 7.67. The first kappa shape index (κ1) is 23.5. The second kappa shape index (κ2) is 11.4. The van der Waals surface area contributed by atoms with Crippen molar-refractivity contribution in [3.63, 3.8) is 0 Å². The number of carbonyl (C=O) groups is 1. The van der Waals surface area contributed by atoms with Gasteiger partial charge < -0.3 is 14.5 Å². The van der Waals surface area contributed by atoms with Crippen molar-refractivity contribution in [2.45, 2.75) is 52.9 Å². The first-order valence-electron chi connectivity index (χ1n) is 10.9. The average molecular weight is 440 g/mol. The number of rotatable bonds is 11. The third-order valence-electron chi connectivity index (χ3n) is 5.32. The van der Waals surface area contributed by atoms with Crippen LogP contribution in [-0.4, -0.2) is 28.4 Å². The lowest BCUT2D eigenvalue weighted by Crippen LogP contribution is -2.31. The molecule has 32 heavy (non-hydrogen) atoms. The smallest absolute Gasteiger partial charge is 0.273 e. The zero-order chi connectivity index (χ0) is 22.9. The van der Waals surface area contributed by atoms with Gasteiger partial charge in [0.05, 0.1) is 13.2 Å². The van der Waals surface area contributed by atoms with Gasteiger partial charge in [0.1, 0.15) is 17.8 Å². The lowest BCUT2D eigenvalue weighted by molar-refractivity contribution is 0.0945. The summed E-state index contributed by atoms with van der Waals surface area (Å²) >= 11 is 0. The molecule has 1 atom stereocenters. The first-order valence-corrected chi connectivity index (χ1v) is 10.9. The van der Waals surface area contributed by atoms with Gasteiger partial charge >= 0.3 is 0 Å². The van der Waals surface area contributed by atoms with Gasteiger partial charge in [0.25, 0.3) is 5.91 Å². The van der Waals surface area contributed by atoms with Crippen LogP contribution in [0.4, 0.5) is 4.39 Å². The van der Waals surface area contributed by atoms with E-state index in [2.05, 4.69) is 41.2 Å². The molecule has 0 bridgehead atoms. The highest BCUT2D eigenvalue weighted by molar-refractivity contribution is 5.91. The predicted molar refractivity (Wildman–Crippen MR) is 121 cm³/mol. The maximum atomic E-state index is 13.0. The lowest BCUT2D eigenvalue weighted by atomic mass is 10.1. The number of carbonyl (C=O) groups excluding carboxylic acids is 1. The molecule has 3 aromatic rings. The van der Waals surface area contributed by atoms with E-state index in [9.17, 15) is 9.18 Å². The Morgan fingerprint density at radius 3 is 2.44 bits per heavy atom. The van der Waals surface area contributed by atoms with Gasteiger partial charge in [0.15, 0.2) is 5.69 Å². The lowest BCUT2D eigenvalue weighted by Gasteiger charge is -2.27. The number of benzene rings is 2. The molecule has 1 heterocycles. The molecule has 7 heteroatoms. The van der Waals surface area contributed by atoms with Crippen LogP contribution in [0.15, 0.2) is 59.2 Å². The van der Waals surface area contributed by atoms with E-state index in [1.54, 1.807) is 12.1 Å². The minimum atomic E-state index is -0.328. The number of ether oxygens (including phenoxy) is 1. The van der Waals surface area contributed by atoms with Gasteiger partial charge in [0.2, 0.25) is 5.89 Å². The molecule has 0 radical (unpaired) electrons. The number of hydrogen-bond acceptors (Lipinski definition) is 5. The van der Waals surface area contributed by atoms with Gasteiger partial charge in [-0.15, -0.1) is 0 Å². The molecule has 0 saturated carbocycles. The summed E-state index contributed by atoms with van der Waals surface area (Å²) in [5, 5.41) is 2.78. The van der Waals surface area contributed by atoms with E-state index < -0.39 is 0 Å². The third kappa shape index (κ3) is 6.65. The van der Waals surface area contributed by atoms with Crippen LogP contribution < -0.4 is 10.1 Å². The molecule has 0 unspecified atom stereocenters. The number of hydrogen-bond donors (Lipinski definition) is 1. The van der Waals surface area contributed by atoms with E-state index in [1.165, 1.54) is 18.4 Å². The van der Waals surface area contributed by atoms with Crippen LogP contribution in [0.25, 0.3) is 0 Å². The van der Waals surface area contributed by atoms with Gasteiger partial charge in [0, 0.05) is 19.1 Å². The van der Waals surface area contributed by atoms with E-state index in [-0.39, 0.29) is 24.0 Å². The van der Waals surface area contributed by atoms with Crippen LogP contribution in [0, 0.1) is 5.82 Å². The molecule has 1 N–H and O–H groups in total. The van der Waals surface area contributed by atoms with Crippen LogP contribution in [0.2, 0.25) is 0 Å². The maximum absolute atomic E-state index is 13.0. The molecule has 0 spiro atoms. The summed E-state index contributed by atoms with van der Waals surface area (Å²) in [6.07, 6.45) is 2.35. The van der Waals surface area contributed by atoms with Crippen molar-refractivity contribution in [2.24, 2.45) is 0 Å². The molecule has 1 amide bonds. The van der Waals surface area contributed by atoms with E-state index in [0.717, 1.165) is 29.8 Å². The zero-order valence-electron chi connectivity index (χ0n) is 18.8. The summed E-state index contributed by atoms with van der Waals surface area (Å²) in [4.78, 5) is 19.1. The summed E-state index contributed by atoms with van der Waals surface area (Å²) in [6, 6.07) is 14.4. The Kier molecular flexibility index (Phi) is 8.39. The predicted octanol–water partition coefficient (Wildman–Crippen LogP) is 4.94. The van der Waals surface area contributed by atoms with Crippen LogP contribution in [-0.2, 0) is 19.6 Å². The fraction of sp³-hybridized carbons (Fsp3) is 0.360. The summed E-state index contributed by atoms with van der Waals surface area (Å²) in [6.45, 7) is 8.42. The number of oxazole rings is 1. The molecule has 0 aliphatic carbocycles. The van der Waals surface area contributed by atoms with Crippen molar-refractivity contribution in [3.05, 3.63) is 83.3 Å². The Balaban J connectivity index is 1.60.